The summed E-state index contributed by atoms with van der Waals surface area (Å²) in [6.07, 6.45) is 4.01. The van der Waals surface area contributed by atoms with Gasteiger partial charge in [0.05, 0.1) is 11.9 Å². The highest BCUT2D eigenvalue weighted by atomic mass is 32.1. The van der Waals surface area contributed by atoms with Gasteiger partial charge in [0.25, 0.3) is 0 Å². The fraction of sp³-hybridized carbons (Fsp3) is 0.304. The average Bonchev–Trinajstić information content (AvgIpc) is 3.21. The summed E-state index contributed by atoms with van der Waals surface area (Å²) < 4.78 is 14.5. The molecule has 0 atom stereocenters. The fourth-order valence-corrected chi connectivity index (χ4v) is 4.13. The van der Waals surface area contributed by atoms with Gasteiger partial charge in [0.15, 0.2) is 0 Å². The minimum Gasteiger partial charge on any atom is -0.299 e. The Balaban J connectivity index is 1.34. The van der Waals surface area contributed by atoms with Gasteiger partial charge >= 0.3 is 0 Å². The van der Waals surface area contributed by atoms with Crippen LogP contribution in [0.5, 0.6) is 0 Å². The van der Waals surface area contributed by atoms with Crippen LogP contribution in [-0.2, 0) is 6.54 Å². The molecule has 2 aromatic carbocycles. The van der Waals surface area contributed by atoms with Crippen LogP contribution >= 0.6 is 11.3 Å². The Morgan fingerprint density at radius 3 is 2.76 bits per heavy atom. The average molecular weight is 409 g/mol. The smallest absolute Gasteiger partial charge is 0.203 e. The monoisotopic (exact) mass is 408 g/mol. The second-order valence-electron chi connectivity index (χ2n) is 7.58. The van der Waals surface area contributed by atoms with Crippen molar-refractivity contribution in [3.8, 4) is 11.3 Å². The lowest BCUT2D eigenvalue weighted by Crippen LogP contribution is -2.32. The van der Waals surface area contributed by atoms with Crippen LogP contribution in [0.15, 0.2) is 59.0 Å². The number of rotatable bonds is 6. The molecule has 1 fully saturated rings. The van der Waals surface area contributed by atoms with Gasteiger partial charge < -0.3 is 0 Å². The number of thiazole rings is 1. The van der Waals surface area contributed by atoms with Crippen molar-refractivity contribution >= 4 is 22.7 Å². The van der Waals surface area contributed by atoms with E-state index in [-0.39, 0.29) is 5.82 Å². The van der Waals surface area contributed by atoms with E-state index in [1.54, 1.807) is 12.3 Å². The summed E-state index contributed by atoms with van der Waals surface area (Å²) in [4.78, 5) is 6.86. The van der Waals surface area contributed by atoms with Gasteiger partial charge in [0.2, 0.25) is 5.13 Å². The normalized spacial score (nSPS) is 15.8. The van der Waals surface area contributed by atoms with Crippen LogP contribution in [0, 0.1) is 11.7 Å². The van der Waals surface area contributed by atoms with Crippen molar-refractivity contribution in [3.63, 3.8) is 0 Å². The predicted molar refractivity (Wildman–Crippen MR) is 119 cm³/mol. The molecule has 0 amide bonds. The third-order valence-corrected chi connectivity index (χ3v) is 6.04. The number of nitrogens with one attached hydrogen (secondary N) is 1. The first kappa shape index (κ1) is 19.7. The van der Waals surface area contributed by atoms with Crippen molar-refractivity contribution in [3.05, 3.63) is 70.9 Å². The van der Waals surface area contributed by atoms with Crippen LogP contribution in [-0.4, -0.2) is 29.2 Å². The fourth-order valence-electron chi connectivity index (χ4n) is 3.46. The highest BCUT2D eigenvalue weighted by Gasteiger charge is 2.17. The van der Waals surface area contributed by atoms with Crippen LogP contribution < -0.4 is 5.43 Å². The first-order chi connectivity index (χ1) is 14.2. The Bertz CT molecular complexity index is 962. The minimum atomic E-state index is -0.173. The highest BCUT2D eigenvalue weighted by Crippen LogP contribution is 2.24. The summed E-state index contributed by atoms with van der Waals surface area (Å²) in [5, 5.41) is 6.90. The van der Waals surface area contributed by atoms with Crippen molar-refractivity contribution in [2.45, 2.75) is 26.3 Å². The number of hydrogen-bond acceptors (Lipinski definition) is 5. The molecule has 1 N–H and O–H groups in total. The number of benzene rings is 2. The summed E-state index contributed by atoms with van der Waals surface area (Å²) in [6, 6.07) is 15.3. The van der Waals surface area contributed by atoms with Gasteiger partial charge in [0.1, 0.15) is 5.82 Å². The lowest BCUT2D eigenvalue weighted by Gasteiger charge is -2.30. The number of hydrogen-bond donors (Lipinski definition) is 1. The van der Waals surface area contributed by atoms with E-state index in [0.29, 0.717) is 11.7 Å². The molecule has 3 aromatic rings. The van der Waals surface area contributed by atoms with Crippen molar-refractivity contribution in [1.82, 2.24) is 9.88 Å². The van der Waals surface area contributed by atoms with Crippen molar-refractivity contribution < 1.29 is 4.39 Å². The van der Waals surface area contributed by atoms with Crippen LogP contribution in [0.1, 0.15) is 30.9 Å². The molecule has 4 nitrogen and oxygen atoms in total. The lowest BCUT2D eigenvalue weighted by molar-refractivity contribution is 0.183. The number of aromatic nitrogens is 1. The lowest BCUT2D eigenvalue weighted by atomic mass is 9.98. The van der Waals surface area contributed by atoms with E-state index in [4.69, 9.17) is 0 Å². The summed E-state index contributed by atoms with van der Waals surface area (Å²) in [5.74, 6) is 0.608. The number of anilines is 1. The molecule has 0 unspecified atom stereocenters. The molecule has 1 aliphatic heterocycles. The van der Waals surface area contributed by atoms with E-state index < -0.39 is 0 Å². The molecule has 6 heteroatoms. The third-order valence-electron chi connectivity index (χ3n) is 5.29. The van der Waals surface area contributed by atoms with Gasteiger partial charge in [-0.05, 0) is 43.5 Å². The first-order valence-electron chi connectivity index (χ1n) is 9.98. The maximum absolute atomic E-state index is 14.5. The largest absolute Gasteiger partial charge is 0.299 e. The Morgan fingerprint density at radius 2 is 2.00 bits per heavy atom. The predicted octanol–water partition coefficient (Wildman–Crippen LogP) is 5.63. The van der Waals surface area contributed by atoms with Gasteiger partial charge in [-0.3, -0.25) is 10.3 Å². The number of halogens is 1. The van der Waals surface area contributed by atoms with Crippen LogP contribution in [0.2, 0.25) is 0 Å². The highest BCUT2D eigenvalue weighted by molar-refractivity contribution is 7.14. The molecule has 0 saturated carbocycles. The van der Waals surface area contributed by atoms with Crippen molar-refractivity contribution in [2.75, 3.05) is 18.5 Å². The molecule has 1 aromatic heterocycles. The minimum absolute atomic E-state index is 0.173. The second-order valence-corrected chi connectivity index (χ2v) is 8.44. The molecule has 4 rings (SSSR count). The van der Waals surface area contributed by atoms with Crippen molar-refractivity contribution in [1.29, 1.82) is 0 Å². The van der Waals surface area contributed by atoms with Crippen LogP contribution in [0.25, 0.3) is 11.3 Å². The Labute approximate surface area is 175 Å². The van der Waals surface area contributed by atoms with Crippen LogP contribution in [0.4, 0.5) is 9.52 Å². The maximum atomic E-state index is 14.5. The molecule has 0 spiro atoms. The summed E-state index contributed by atoms with van der Waals surface area (Å²) in [7, 11) is 0. The van der Waals surface area contributed by atoms with Gasteiger partial charge in [-0.1, -0.05) is 49.4 Å². The molecular formula is C23H25FN4S. The summed E-state index contributed by atoms with van der Waals surface area (Å²) in [6.45, 7) is 5.06. The molecular weight excluding hydrogens is 383 g/mol. The molecule has 1 saturated heterocycles. The number of likely N-dealkylation sites (tertiary alicyclic amines) is 1. The molecule has 1 aliphatic rings. The van der Waals surface area contributed by atoms with Crippen LogP contribution in [0.3, 0.4) is 0 Å². The van der Waals surface area contributed by atoms with Gasteiger partial charge in [-0.25, -0.2) is 9.37 Å². The van der Waals surface area contributed by atoms with Gasteiger partial charge in [-0.15, -0.1) is 11.3 Å². The van der Waals surface area contributed by atoms with E-state index in [9.17, 15) is 4.39 Å². The molecule has 0 aliphatic carbocycles. The number of hydrazone groups is 1. The topological polar surface area (TPSA) is 40.5 Å². The Morgan fingerprint density at radius 1 is 1.21 bits per heavy atom. The summed E-state index contributed by atoms with van der Waals surface area (Å²) in [5.41, 5.74) is 6.39. The maximum Gasteiger partial charge on any atom is 0.203 e. The third kappa shape index (κ3) is 5.28. The van der Waals surface area contributed by atoms with Crippen molar-refractivity contribution in [2.24, 2.45) is 11.0 Å². The molecule has 0 radical (unpaired) electrons. The summed E-state index contributed by atoms with van der Waals surface area (Å²) >= 11 is 1.49. The molecule has 2 heterocycles. The van der Waals surface area contributed by atoms with E-state index in [1.165, 1.54) is 24.2 Å². The number of piperidine rings is 1. The zero-order valence-electron chi connectivity index (χ0n) is 16.5. The zero-order valence-corrected chi connectivity index (χ0v) is 17.3. The number of nitrogens with zero attached hydrogens (tertiary/aromatic N) is 3. The van der Waals surface area contributed by atoms with Gasteiger partial charge in [0, 0.05) is 23.1 Å². The van der Waals surface area contributed by atoms with E-state index in [0.717, 1.165) is 41.4 Å². The van der Waals surface area contributed by atoms with E-state index in [2.05, 4.69) is 27.3 Å². The molecule has 150 valence electrons. The Kier molecular flexibility index (Phi) is 6.32. The Hall–Kier alpha value is -2.57. The SMILES string of the molecule is CC1CCN(Cc2ccc(C=NNc3nc(-c4ccccc4)cs3)cc2F)CC1. The first-order valence-corrected chi connectivity index (χ1v) is 10.9. The van der Waals surface area contributed by atoms with E-state index >= 15 is 0 Å². The molecule has 29 heavy (non-hydrogen) atoms. The van der Waals surface area contributed by atoms with Gasteiger partial charge in [-0.2, -0.15) is 5.10 Å². The molecule has 0 bridgehead atoms. The zero-order chi connectivity index (χ0) is 20.1. The standard InChI is InChI=1S/C23H25FN4S/c1-17-9-11-28(12-10-17)15-20-8-7-18(13-21(20)24)14-25-27-23-26-22(16-29-23)19-5-3-2-4-6-19/h2-8,13-14,16-17H,9-12,15H2,1H3,(H,26,27). The second kappa shape index (κ2) is 9.29. The van der Waals surface area contributed by atoms with E-state index in [1.807, 2.05) is 47.8 Å². The quantitative estimate of drug-likeness (QED) is 0.425.